The molecule has 0 atom stereocenters. The molecule has 0 radical (unpaired) electrons. The number of fused-ring (bicyclic) bond motifs is 2. The van der Waals surface area contributed by atoms with Crippen molar-refractivity contribution in [2.75, 3.05) is 7.05 Å². The molecule has 3 nitrogen and oxygen atoms in total. The monoisotopic (exact) mass is 282 g/mol. The normalized spacial score (nSPS) is 18.6. The summed E-state index contributed by atoms with van der Waals surface area (Å²) in [7, 11) is 2.02. The first-order valence-electron chi connectivity index (χ1n) is 7.42. The van der Waals surface area contributed by atoms with Crippen LogP contribution in [-0.4, -0.2) is 28.3 Å². The number of hydrogen-bond donors (Lipinski definition) is 0. The fourth-order valence-corrected chi connectivity index (χ4v) is 3.09. The van der Waals surface area contributed by atoms with Crippen LogP contribution in [0.3, 0.4) is 0 Å². The van der Waals surface area contributed by atoms with E-state index >= 15 is 0 Å². The molecule has 1 aromatic rings. The van der Waals surface area contributed by atoms with Crippen LogP contribution < -0.4 is 0 Å². The van der Waals surface area contributed by atoms with E-state index < -0.39 is 0 Å². The van der Waals surface area contributed by atoms with Gasteiger partial charge < -0.3 is 9.80 Å². The van der Waals surface area contributed by atoms with Gasteiger partial charge in [0, 0.05) is 36.5 Å². The highest BCUT2D eigenvalue weighted by molar-refractivity contribution is 6.03. The molecule has 2 aliphatic rings. The molecular weight excluding hydrogens is 260 g/mol. The van der Waals surface area contributed by atoms with E-state index in [1.807, 2.05) is 24.1 Å². The standard InChI is InChI=1S/C18H22N2O/c1-18(2,3)20-12-13-8-5-6-9-14(13)16-15(17(20)21)10-7-11-19(16)4/h5-9,11H,10,12H2,1-4H3. The van der Waals surface area contributed by atoms with Crippen LogP contribution in [0.2, 0.25) is 0 Å². The van der Waals surface area contributed by atoms with Gasteiger partial charge in [0.1, 0.15) is 0 Å². The Labute approximate surface area is 126 Å². The smallest absolute Gasteiger partial charge is 0.252 e. The van der Waals surface area contributed by atoms with Crippen LogP contribution in [0.1, 0.15) is 38.3 Å². The van der Waals surface area contributed by atoms with Gasteiger partial charge in [-0.2, -0.15) is 0 Å². The van der Waals surface area contributed by atoms with Crippen molar-refractivity contribution in [3.8, 4) is 0 Å². The Morgan fingerprint density at radius 3 is 2.57 bits per heavy atom. The number of nitrogens with zero attached hydrogens (tertiary/aromatic N) is 2. The number of carbonyl (C=O) groups is 1. The molecule has 3 heteroatoms. The van der Waals surface area contributed by atoms with Gasteiger partial charge in [-0.05, 0) is 32.8 Å². The zero-order valence-electron chi connectivity index (χ0n) is 13.2. The van der Waals surface area contributed by atoms with E-state index in [0.717, 1.165) is 11.3 Å². The molecule has 2 aliphatic heterocycles. The third kappa shape index (κ3) is 2.27. The first kappa shape index (κ1) is 13.9. The SMILES string of the molecule is CN1C=CCC2=C1c1ccccc1CN(C(C)(C)C)C2=O. The van der Waals surface area contributed by atoms with E-state index in [1.54, 1.807) is 0 Å². The van der Waals surface area contributed by atoms with Crippen LogP contribution in [0.25, 0.3) is 5.70 Å². The van der Waals surface area contributed by atoms with Crippen molar-refractivity contribution in [2.45, 2.75) is 39.3 Å². The van der Waals surface area contributed by atoms with Gasteiger partial charge in [-0.15, -0.1) is 0 Å². The topological polar surface area (TPSA) is 23.6 Å². The summed E-state index contributed by atoms with van der Waals surface area (Å²) in [5.74, 6) is 0.157. The summed E-state index contributed by atoms with van der Waals surface area (Å²) in [6.07, 6.45) is 4.82. The van der Waals surface area contributed by atoms with Crippen LogP contribution in [0.4, 0.5) is 0 Å². The lowest BCUT2D eigenvalue weighted by Gasteiger charge is -2.36. The minimum atomic E-state index is -0.188. The number of amides is 1. The Hall–Kier alpha value is -2.03. The third-order valence-electron chi connectivity index (χ3n) is 4.20. The number of carbonyl (C=O) groups excluding carboxylic acids is 1. The van der Waals surface area contributed by atoms with Gasteiger partial charge in [-0.1, -0.05) is 30.3 Å². The number of allylic oxidation sites excluding steroid dienone is 1. The van der Waals surface area contributed by atoms with Crippen molar-refractivity contribution in [1.82, 2.24) is 9.80 Å². The van der Waals surface area contributed by atoms with E-state index in [-0.39, 0.29) is 11.4 Å². The molecular formula is C18H22N2O. The second kappa shape index (κ2) is 4.76. The Morgan fingerprint density at radius 1 is 1.14 bits per heavy atom. The summed E-state index contributed by atoms with van der Waals surface area (Å²) in [5, 5.41) is 0. The minimum Gasteiger partial charge on any atom is -0.350 e. The van der Waals surface area contributed by atoms with E-state index in [0.29, 0.717) is 13.0 Å². The molecule has 0 saturated carbocycles. The van der Waals surface area contributed by atoms with Crippen LogP contribution >= 0.6 is 0 Å². The van der Waals surface area contributed by atoms with Crippen molar-refractivity contribution in [3.05, 3.63) is 53.2 Å². The number of rotatable bonds is 0. The summed E-state index contributed by atoms with van der Waals surface area (Å²) in [6, 6.07) is 8.35. The zero-order valence-corrected chi connectivity index (χ0v) is 13.2. The minimum absolute atomic E-state index is 0.157. The highest BCUT2D eigenvalue weighted by Crippen LogP contribution is 2.36. The molecule has 0 fully saturated rings. The van der Waals surface area contributed by atoms with E-state index in [9.17, 15) is 4.79 Å². The second-order valence-corrected chi connectivity index (χ2v) is 6.75. The molecule has 3 rings (SSSR count). The van der Waals surface area contributed by atoms with Gasteiger partial charge in [0.2, 0.25) is 0 Å². The Kier molecular flexibility index (Phi) is 3.16. The molecule has 0 N–H and O–H groups in total. The highest BCUT2D eigenvalue weighted by atomic mass is 16.2. The first-order valence-corrected chi connectivity index (χ1v) is 7.42. The predicted molar refractivity (Wildman–Crippen MR) is 85.2 cm³/mol. The van der Waals surface area contributed by atoms with Crippen LogP contribution in [-0.2, 0) is 11.3 Å². The largest absolute Gasteiger partial charge is 0.350 e. The van der Waals surface area contributed by atoms with E-state index in [1.165, 1.54) is 11.1 Å². The van der Waals surface area contributed by atoms with E-state index in [4.69, 9.17) is 0 Å². The molecule has 0 bridgehead atoms. The van der Waals surface area contributed by atoms with Gasteiger partial charge >= 0.3 is 0 Å². The fourth-order valence-electron chi connectivity index (χ4n) is 3.09. The Bertz CT molecular complexity index is 649. The van der Waals surface area contributed by atoms with E-state index in [2.05, 4.69) is 50.1 Å². The molecule has 0 unspecified atom stereocenters. The maximum absolute atomic E-state index is 13.0. The number of benzene rings is 1. The second-order valence-electron chi connectivity index (χ2n) is 6.75. The average Bonchev–Trinajstić information content (AvgIpc) is 2.55. The summed E-state index contributed by atoms with van der Waals surface area (Å²) in [5.41, 5.74) is 4.17. The van der Waals surface area contributed by atoms with Crippen molar-refractivity contribution >= 4 is 11.6 Å². The molecule has 0 aromatic heterocycles. The Morgan fingerprint density at radius 2 is 1.86 bits per heavy atom. The first-order chi connectivity index (χ1) is 9.89. The molecule has 0 spiro atoms. The van der Waals surface area contributed by atoms with Gasteiger partial charge in [-0.3, -0.25) is 4.79 Å². The van der Waals surface area contributed by atoms with Crippen LogP contribution in [0, 0.1) is 0 Å². The van der Waals surface area contributed by atoms with Crippen molar-refractivity contribution in [3.63, 3.8) is 0 Å². The molecule has 0 aliphatic carbocycles. The lowest BCUT2D eigenvalue weighted by Crippen LogP contribution is -2.45. The predicted octanol–water partition coefficient (Wildman–Crippen LogP) is 3.39. The van der Waals surface area contributed by atoms with Crippen LogP contribution in [0.5, 0.6) is 0 Å². The average molecular weight is 282 g/mol. The lowest BCUT2D eigenvalue weighted by atomic mass is 9.98. The Balaban J connectivity index is 2.23. The van der Waals surface area contributed by atoms with Gasteiger partial charge in [0.15, 0.2) is 0 Å². The van der Waals surface area contributed by atoms with Gasteiger partial charge in [-0.25, -0.2) is 0 Å². The number of hydrogen-bond acceptors (Lipinski definition) is 2. The van der Waals surface area contributed by atoms with Gasteiger partial charge in [0.05, 0.1) is 5.70 Å². The summed E-state index contributed by atoms with van der Waals surface area (Å²) >= 11 is 0. The third-order valence-corrected chi connectivity index (χ3v) is 4.20. The zero-order chi connectivity index (χ0) is 15.2. The summed E-state index contributed by atoms with van der Waals surface area (Å²) in [4.78, 5) is 17.1. The molecule has 1 amide bonds. The lowest BCUT2D eigenvalue weighted by molar-refractivity contribution is -0.132. The van der Waals surface area contributed by atoms with Crippen molar-refractivity contribution < 1.29 is 4.79 Å². The van der Waals surface area contributed by atoms with Crippen LogP contribution in [0.15, 0.2) is 42.1 Å². The maximum Gasteiger partial charge on any atom is 0.252 e. The van der Waals surface area contributed by atoms with Crippen molar-refractivity contribution in [1.29, 1.82) is 0 Å². The molecule has 1 aromatic carbocycles. The van der Waals surface area contributed by atoms with Crippen molar-refractivity contribution in [2.24, 2.45) is 0 Å². The maximum atomic E-state index is 13.0. The highest BCUT2D eigenvalue weighted by Gasteiger charge is 2.35. The molecule has 2 heterocycles. The fraction of sp³-hybridized carbons (Fsp3) is 0.389. The molecule has 0 saturated heterocycles. The van der Waals surface area contributed by atoms with Gasteiger partial charge in [0.25, 0.3) is 5.91 Å². The molecule has 110 valence electrons. The quantitative estimate of drug-likeness (QED) is 0.728. The summed E-state index contributed by atoms with van der Waals surface area (Å²) < 4.78 is 0. The molecule has 21 heavy (non-hydrogen) atoms. The summed E-state index contributed by atoms with van der Waals surface area (Å²) in [6.45, 7) is 6.96.